The molecule has 6 heteroatoms. The van der Waals surface area contributed by atoms with Crippen LogP contribution in [0.15, 0.2) is 66.7 Å². The number of hydrogen-bond acceptors (Lipinski definition) is 2. The minimum atomic E-state index is -0.359. The molecule has 0 radical (unpaired) electrons. The first kappa shape index (κ1) is 20.1. The molecule has 1 atom stereocenters. The van der Waals surface area contributed by atoms with Gasteiger partial charge >= 0.3 is 6.03 Å². The molecule has 1 aromatic heterocycles. The molecule has 0 fully saturated rings. The number of fused-ring (bicyclic) bond motifs is 3. The monoisotopic (exact) mass is 429 g/mol. The van der Waals surface area contributed by atoms with E-state index in [1.54, 1.807) is 19.2 Å². The molecule has 0 aliphatic carbocycles. The number of aryl methyl sites for hydroxylation is 1. The van der Waals surface area contributed by atoms with Crippen molar-refractivity contribution >= 4 is 22.6 Å². The topological polar surface area (TPSA) is 57.4 Å². The summed E-state index contributed by atoms with van der Waals surface area (Å²) in [7, 11) is 1.65. The maximum Gasteiger partial charge on any atom is 0.322 e. The summed E-state index contributed by atoms with van der Waals surface area (Å²) in [6.45, 7) is 2.53. The highest BCUT2D eigenvalue weighted by molar-refractivity contribution is 5.92. The van der Waals surface area contributed by atoms with Crippen molar-refractivity contribution in [1.29, 1.82) is 0 Å². The molecule has 32 heavy (non-hydrogen) atoms. The molecule has 0 unspecified atom stereocenters. The number of nitrogens with zero attached hydrogens (tertiary/aromatic N) is 1. The number of amides is 2. The number of halogens is 1. The van der Waals surface area contributed by atoms with Crippen molar-refractivity contribution in [3.63, 3.8) is 0 Å². The summed E-state index contributed by atoms with van der Waals surface area (Å²) in [5.74, 6) is 0.485. The van der Waals surface area contributed by atoms with Gasteiger partial charge in [-0.25, -0.2) is 9.18 Å². The summed E-state index contributed by atoms with van der Waals surface area (Å²) in [4.78, 5) is 18.7. The minimum Gasteiger partial charge on any atom is -0.497 e. The number of anilines is 1. The van der Waals surface area contributed by atoms with Gasteiger partial charge in [0.2, 0.25) is 0 Å². The van der Waals surface area contributed by atoms with Gasteiger partial charge in [-0.1, -0.05) is 24.3 Å². The Morgan fingerprint density at radius 1 is 1.12 bits per heavy atom. The number of nitrogens with one attached hydrogen (secondary N) is 2. The number of urea groups is 1. The third-order valence-corrected chi connectivity index (χ3v) is 6.05. The van der Waals surface area contributed by atoms with Crippen molar-refractivity contribution in [2.45, 2.75) is 19.4 Å². The molecular formula is C26H24FN3O2. The number of carbonyl (C=O) groups excluding carboxylic acids is 1. The van der Waals surface area contributed by atoms with E-state index < -0.39 is 0 Å². The molecule has 1 aliphatic heterocycles. The van der Waals surface area contributed by atoms with E-state index in [2.05, 4.69) is 10.3 Å². The highest BCUT2D eigenvalue weighted by Gasteiger charge is 2.34. The first-order valence-electron chi connectivity index (χ1n) is 10.6. The Balaban J connectivity index is 1.58. The van der Waals surface area contributed by atoms with Gasteiger partial charge in [0.1, 0.15) is 11.6 Å². The second kappa shape index (κ2) is 8.04. The Morgan fingerprint density at radius 3 is 2.69 bits per heavy atom. The predicted molar refractivity (Wildman–Crippen MR) is 124 cm³/mol. The number of methoxy groups -OCH3 is 1. The molecule has 2 heterocycles. The van der Waals surface area contributed by atoms with E-state index in [0.717, 1.165) is 44.7 Å². The Kier molecular flexibility index (Phi) is 5.05. The molecule has 3 aromatic carbocycles. The molecule has 0 saturated heterocycles. The molecule has 1 aliphatic rings. The van der Waals surface area contributed by atoms with Gasteiger partial charge in [-0.2, -0.15) is 0 Å². The summed E-state index contributed by atoms with van der Waals surface area (Å²) >= 11 is 0. The number of hydrogen-bond donors (Lipinski definition) is 2. The number of ether oxygens (including phenoxy) is 1. The quantitative estimate of drug-likeness (QED) is 0.432. The van der Waals surface area contributed by atoms with Gasteiger partial charge in [-0.3, -0.25) is 0 Å². The molecule has 2 amide bonds. The van der Waals surface area contributed by atoms with Crippen molar-refractivity contribution in [3.05, 3.63) is 94.9 Å². The smallest absolute Gasteiger partial charge is 0.322 e. The fourth-order valence-electron chi connectivity index (χ4n) is 4.52. The lowest BCUT2D eigenvalue weighted by atomic mass is 9.92. The summed E-state index contributed by atoms with van der Waals surface area (Å²) in [6.07, 6.45) is 0.710. The van der Waals surface area contributed by atoms with Crippen LogP contribution >= 0.6 is 0 Å². The van der Waals surface area contributed by atoms with Crippen LogP contribution < -0.4 is 10.1 Å². The van der Waals surface area contributed by atoms with Crippen LogP contribution in [0.3, 0.4) is 0 Å². The zero-order chi connectivity index (χ0) is 22.2. The predicted octanol–water partition coefficient (Wildman–Crippen LogP) is 5.80. The number of H-pyrrole nitrogens is 1. The molecule has 0 bridgehead atoms. The van der Waals surface area contributed by atoms with Crippen LogP contribution in [-0.2, 0) is 6.42 Å². The Morgan fingerprint density at radius 2 is 1.94 bits per heavy atom. The maximum atomic E-state index is 13.7. The van der Waals surface area contributed by atoms with Crippen molar-refractivity contribution < 1.29 is 13.9 Å². The van der Waals surface area contributed by atoms with Gasteiger partial charge in [0.05, 0.1) is 13.2 Å². The van der Waals surface area contributed by atoms with E-state index in [1.807, 2.05) is 54.3 Å². The van der Waals surface area contributed by atoms with Gasteiger partial charge in [0.25, 0.3) is 0 Å². The van der Waals surface area contributed by atoms with E-state index in [1.165, 1.54) is 12.1 Å². The summed E-state index contributed by atoms with van der Waals surface area (Å²) in [5.41, 5.74) is 5.77. The molecule has 2 N–H and O–H groups in total. The largest absolute Gasteiger partial charge is 0.497 e. The standard InChI is InChI=1S/C26H24FN3O2/c1-16-4-3-5-19(14-16)28-26(31)30-13-12-21-22-15-20(32-2)10-11-23(22)29-24(21)25(30)17-6-8-18(27)9-7-17/h3-11,14-15,25,29H,12-13H2,1-2H3,(H,28,31)/t25-/m0/s1. The van der Waals surface area contributed by atoms with Gasteiger partial charge in [-0.15, -0.1) is 0 Å². The number of benzene rings is 3. The first-order chi connectivity index (χ1) is 15.5. The summed E-state index contributed by atoms with van der Waals surface area (Å²) in [6, 6.07) is 19.5. The zero-order valence-electron chi connectivity index (χ0n) is 18.0. The fourth-order valence-corrected chi connectivity index (χ4v) is 4.52. The second-order valence-corrected chi connectivity index (χ2v) is 8.13. The number of carbonyl (C=O) groups is 1. The second-order valence-electron chi connectivity index (χ2n) is 8.13. The van der Waals surface area contributed by atoms with Crippen LogP contribution in [-0.4, -0.2) is 29.6 Å². The van der Waals surface area contributed by atoms with Gasteiger partial charge in [0, 0.05) is 28.8 Å². The van der Waals surface area contributed by atoms with E-state index in [-0.39, 0.29) is 17.9 Å². The molecular weight excluding hydrogens is 405 g/mol. The van der Waals surface area contributed by atoms with E-state index in [0.29, 0.717) is 13.0 Å². The van der Waals surface area contributed by atoms with E-state index in [9.17, 15) is 9.18 Å². The number of aromatic nitrogens is 1. The first-order valence-corrected chi connectivity index (χ1v) is 10.6. The highest BCUT2D eigenvalue weighted by Crippen LogP contribution is 2.39. The van der Waals surface area contributed by atoms with Gasteiger partial charge in [0.15, 0.2) is 0 Å². The number of rotatable bonds is 3. The van der Waals surface area contributed by atoms with E-state index in [4.69, 9.17) is 4.74 Å². The fraction of sp³-hybridized carbons (Fsp3) is 0.192. The van der Waals surface area contributed by atoms with Crippen LogP contribution in [0.25, 0.3) is 10.9 Å². The van der Waals surface area contributed by atoms with Crippen molar-refractivity contribution in [2.75, 3.05) is 19.0 Å². The van der Waals surface area contributed by atoms with Crippen LogP contribution in [0, 0.1) is 12.7 Å². The lowest BCUT2D eigenvalue weighted by Gasteiger charge is -2.36. The lowest BCUT2D eigenvalue weighted by molar-refractivity contribution is 0.193. The third-order valence-electron chi connectivity index (χ3n) is 6.05. The Bertz CT molecular complexity index is 1300. The highest BCUT2D eigenvalue weighted by atomic mass is 19.1. The average molecular weight is 429 g/mol. The van der Waals surface area contributed by atoms with Gasteiger partial charge in [-0.05, 0) is 72.5 Å². The molecule has 5 rings (SSSR count). The molecule has 5 nitrogen and oxygen atoms in total. The van der Waals surface area contributed by atoms with E-state index >= 15 is 0 Å². The molecule has 4 aromatic rings. The van der Waals surface area contributed by atoms with Gasteiger partial charge < -0.3 is 19.9 Å². The molecule has 0 saturated carbocycles. The van der Waals surface area contributed by atoms with Crippen molar-refractivity contribution in [3.8, 4) is 5.75 Å². The Labute approximate surface area is 185 Å². The molecule has 162 valence electrons. The Hall–Kier alpha value is -3.80. The normalized spacial score (nSPS) is 15.5. The third kappa shape index (κ3) is 3.58. The summed E-state index contributed by atoms with van der Waals surface area (Å²) < 4.78 is 19.1. The SMILES string of the molecule is COc1ccc2[nH]c3c(c2c1)CCN(C(=O)Nc1cccc(C)c1)[C@H]3c1ccc(F)cc1. The molecule has 0 spiro atoms. The van der Waals surface area contributed by atoms with Crippen LogP contribution in [0.2, 0.25) is 0 Å². The zero-order valence-corrected chi connectivity index (χ0v) is 18.0. The van der Waals surface area contributed by atoms with Crippen LogP contribution in [0.4, 0.5) is 14.9 Å². The van der Waals surface area contributed by atoms with Crippen LogP contribution in [0.5, 0.6) is 5.75 Å². The average Bonchev–Trinajstić information content (AvgIpc) is 3.17. The van der Waals surface area contributed by atoms with Crippen LogP contribution in [0.1, 0.15) is 28.4 Å². The van der Waals surface area contributed by atoms with Crippen molar-refractivity contribution in [2.24, 2.45) is 0 Å². The maximum absolute atomic E-state index is 13.7. The van der Waals surface area contributed by atoms with Crippen molar-refractivity contribution in [1.82, 2.24) is 9.88 Å². The number of aromatic amines is 1. The summed E-state index contributed by atoms with van der Waals surface area (Å²) in [5, 5.41) is 4.11. The lowest BCUT2D eigenvalue weighted by Crippen LogP contribution is -2.43. The minimum absolute atomic E-state index is 0.188.